The van der Waals surface area contributed by atoms with Gasteiger partial charge in [0.05, 0.1) is 16.3 Å². The van der Waals surface area contributed by atoms with E-state index in [2.05, 4.69) is 82.8 Å². The van der Waals surface area contributed by atoms with E-state index in [1.807, 2.05) is 32.1 Å². The molecule has 4 rings (SSSR count). The molecule has 2 heterocycles. The van der Waals surface area contributed by atoms with Crippen LogP contribution in [0.15, 0.2) is 50.8 Å². The third-order valence-corrected chi connectivity index (χ3v) is 7.88. The number of nitrogens with zero attached hydrogens (tertiary/aromatic N) is 2. The summed E-state index contributed by atoms with van der Waals surface area (Å²) in [4.78, 5) is 18.0. The summed E-state index contributed by atoms with van der Waals surface area (Å²) in [5.74, 6) is -0.115. The van der Waals surface area contributed by atoms with Gasteiger partial charge >= 0.3 is 0 Å². The highest BCUT2D eigenvalue weighted by Gasteiger charge is 2.25. The number of aliphatic imine (C=N–C) groups is 1. The lowest BCUT2D eigenvalue weighted by Crippen LogP contribution is -2.19. The number of para-hydroxylation sites is 1. The van der Waals surface area contributed by atoms with Gasteiger partial charge in [-0.05, 0) is 105 Å². The van der Waals surface area contributed by atoms with Crippen molar-refractivity contribution in [3.8, 4) is 5.69 Å². The van der Waals surface area contributed by atoms with Crippen molar-refractivity contribution in [3.05, 3.63) is 85.0 Å². The number of halogens is 1. The lowest BCUT2D eigenvalue weighted by Gasteiger charge is -2.15. The molecule has 0 unspecified atom stereocenters. The Morgan fingerprint density at radius 3 is 2.22 bits per heavy atom. The minimum absolute atomic E-state index is 0.115. The number of aryl methyl sites for hydroxylation is 5. The Kier molecular flexibility index (Phi) is 6.19. The van der Waals surface area contributed by atoms with E-state index in [9.17, 15) is 4.79 Å². The fourth-order valence-electron chi connectivity index (χ4n) is 4.16. The molecular weight excluding hydrogens is 482 g/mol. The summed E-state index contributed by atoms with van der Waals surface area (Å²) in [7, 11) is 0. The Morgan fingerprint density at radius 1 is 0.969 bits per heavy atom. The summed E-state index contributed by atoms with van der Waals surface area (Å²) >= 11 is 4.97. The molecule has 1 saturated heterocycles. The number of rotatable bonds is 3. The van der Waals surface area contributed by atoms with E-state index in [1.165, 1.54) is 28.6 Å². The Labute approximate surface area is 202 Å². The van der Waals surface area contributed by atoms with Crippen LogP contribution < -0.4 is 5.32 Å². The van der Waals surface area contributed by atoms with Crippen LogP contribution in [0.3, 0.4) is 0 Å². The SMILES string of the molecule is Cc1cc(N=C2NC(=O)/C(=C/c3cc(C)n(-c4c(C)cccc4C)c3C)S2)cc(C)c1Br. The van der Waals surface area contributed by atoms with Crippen molar-refractivity contribution in [2.24, 2.45) is 4.99 Å². The molecule has 164 valence electrons. The van der Waals surface area contributed by atoms with Crippen LogP contribution in [0, 0.1) is 41.5 Å². The largest absolute Gasteiger partial charge is 0.317 e. The summed E-state index contributed by atoms with van der Waals surface area (Å²) < 4.78 is 3.36. The molecule has 2 aromatic carbocycles. The van der Waals surface area contributed by atoms with Crippen molar-refractivity contribution < 1.29 is 4.79 Å². The van der Waals surface area contributed by atoms with Gasteiger partial charge < -0.3 is 9.88 Å². The molecule has 1 aliphatic heterocycles. The van der Waals surface area contributed by atoms with Gasteiger partial charge in [-0.3, -0.25) is 4.79 Å². The fourth-order valence-corrected chi connectivity index (χ4v) is 5.22. The zero-order valence-corrected chi connectivity index (χ0v) is 21.5. The second-order valence-electron chi connectivity index (χ2n) is 8.28. The summed E-state index contributed by atoms with van der Waals surface area (Å²) in [5, 5.41) is 3.51. The van der Waals surface area contributed by atoms with Crippen molar-refractivity contribution in [1.82, 2.24) is 9.88 Å². The maximum Gasteiger partial charge on any atom is 0.264 e. The van der Waals surface area contributed by atoms with Gasteiger partial charge in [-0.15, -0.1) is 0 Å². The van der Waals surface area contributed by atoms with Crippen LogP contribution in [0.5, 0.6) is 0 Å². The normalized spacial score (nSPS) is 16.3. The fraction of sp³-hybridized carbons (Fsp3) is 0.231. The molecule has 32 heavy (non-hydrogen) atoms. The third-order valence-electron chi connectivity index (χ3n) is 5.72. The van der Waals surface area contributed by atoms with Gasteiger partial charge in [0.1, 0.15) is 0 Å². The molecular formula is C26H26BrN3OS. The molecule has 0 aliphatic carbocycles. The summed E-state index contributed by atoms with van der Waals surface area (Å²) in [6, 6.07) is 12.5. The molecule has 0 saturated carbocycles. The van der Waals surface area contributed by atoms with Crippen molar-refractivity contribution in [1.29, 1.82) is 0 Å². The van der Waals surface area contributed by atoms with Crippen molar-refractivity contribution in [2.75, 3.05) is 0 Å². The van der Waals surface area contributed by atoms with Gasteiger partial charge in [-0.1, -0.05) is 34.1 Å². The second-order valence-corrected chi connectivity index (χ2v) is 10.1. The van der Waals surface area contributed by atoms with Crippen LogP contribution in [0.4, 0.5) is 5.69 Å². The van der Waals surface area contributed by atoms with Crippen LogP contribution in [0.2, 0.25) is 0 Å². The van der Waals surface area contributed by atoms with E-state index in [4.69, 9.17) is 0 Å². The first-order valence-electron chi connectivity index (χ1n) is 10.5. The van der Waals surface area contributed by atoms with Gasteiger partial charge in [0.15, 0.2) is 5.17 Å². The van der Waals surface area contributed by atoms with Crippen LogP contribution in [-0.4, -0.2) is 15.6 Å². The number of amidine groups is 1. The molecule has 1 amide bonds. The molecule has 0 atom stereocenters. The number of thioether (sulfide) groups is 1. The summed E-state index contributed by atoms with van der Waals surface area (Å²) in [6.07, 6.45) is 1.97. The van der Waals surface area contributed by atoms with Gasteiger partial charge in [0.25, 0.3) is 5.91 Å². The van der Waals surface area contributed by atoms with Crippen molar-refractivity contribution >= 4 is 50.5 Å². The molecule has 0 radical (unpaired) electrons. The zero-order valence-electron chi connectivity index (χ0n) is 19.1. The average molecular weight is 508 g/mol. The zero-order chi connectivity index (χ0) is 23.2. The van der Waals surface area contributed by atoms with Crippen molar-refractivity contribution in [2.45, 2.75) is 41.5 Å². The minimum atomic E-state index is -0.115. The smallest absolute Gasteiger partial charge is 0.264 e. The predicted octanol–water partition coefficient (Wildman–Crippen LogP) is 6.98. The second kappa shape index (κ2) is 8.75. The number of benzene rings is 2. The van der Waals surface area contributed by atoms with E-state index >= 15 is 0 Å². The predicted molar refractivity (Wildman–Crippen MR) is 139 cm³/mol. The summed E-state index contributed by atoms with van der Waals surface area (Å²) in [5.41, 5.74) is 10.0. The van der Waals surface area contributed by atoms with E-state index in [-0.39, 0.29) is 5.91 Å². The molecule has 1 aliphatic rings. The van der Waals surface area contributed by atoms with E-state index < -0.39 is 0 Å². The average Bonchev–Trinajstić information content (AvgIpc) is 3.19. The maximum atomic E-state index is 12.7. The number of amides is 1. The third kappa shape index (κ3) is 4.21. The molecule has 1 N–H and O–H groups in total. The van der Waals surface area contributed by atoms with E-state index in [0.29, 0.717) is 10.1 Å². The maximum absolute atomic E-state index is 12.7. The first kappa shape index (κ1) is 22.6. The highest BCUT2D eigenvalue weighted by Crippen LogP contribution is 2.33. The van der Waals surface area contributed by atoms with Crippen LogP contribution in [0.1, 0.15) is 39.2 Å². The molecule has 1 fully saturated rings. The van der Waals surface area contributed by atoms with Gasteiger partial charge in [0.2, 0.25) is 0 Å². The molecule has 4 nitrogen and oxygen atoms in total. The lowest BCUT2D eigenvalue weighted by atomic mass is 10.1. The Morgan fingerprint density at radius 2 is 1.59 bits per heavy atom. The Hall–Kier alpha value is -2.57. The molecule has 3 aromatic rings. The number of aromatic nitrogens is 1. The first-order valence-corrected chi connectivity index (χ1v) is 12.1. The monoisotopic (exact) mass is 507 g/mol. The first-order chi connectivity index (χ1) is 15.2. The van der Waals surface area contributed by atoms with Crippen LogP contribution in [0.25, 0.3) is 11.8 Å². The van der Waals surface area contributed by atoms with Crippen molar-refractivity contribution in [3.63, 3.8) is 0 Å². The number of carbonyl (C=O) groups is 1. The highest BCUT2D eigenvalue weighted by atomic mass is 79.9. The van der Waals surface area contributed by atoms with Crippen LogP contribution in [-0.2, 0) is 4.79 Å². The number of hydrogen-bond donors (Lipinski definition) is 1. The number of hydrogen-bond acceptors (Lipinski definition) is 3. The Bertz CT molecular complexity index is 1270. The van der Waals surface area contributed by atoms with E-state index in [1.54, 1.807) is 0 Å². The summed E-state index contributed by atoms with van der Waals surface area (Å²) in [6.45, 7) is 12.6. The van der Waals surface area contributed by atoms with Gasteiger partial charge in [0, 0.05) is 15.9 Å². The topological polar surface area (TPSA) is 46.4 Å². The quantitative estimate of drug-likeness (QED) is 0.388. The molecule has 1 aromatic heterocycles. The number of carbonyl (C=O) groups excluding carboxylic acids is 1. The van der Waals surface area contributed by atoms with E-state index in [0.717, 1.165) is 38.2 Å². The molecule has 0 bridgehead atoms. The van der Waals surface area contributed by atoms with Crippen LogP contribution >= 0.6 is 27.7 Å². The number of nitrogens with one attached hydrogen (secondary N) is 1. The lowest BCUT2D eigenvalue weighted by molar-refractivity contribution is -0.115. The van der Waals surface area contributed by atoms with Gasteiger partial charge in [-0.2, -0.15) is 0 Å². The standard InChI is InChI=1S/C26H26BrN3OS/c1-14-8-7-9-15(2)24(14)30-18(5)12-20(19(30)6)13-22-25(31)29-26(32-22)28-21-10-16(3)23(27)17(4)11-21/h7-13H,1-6H3,(H,28,29,31)/b22-13-. The Balaban J connectivity index is 1.68. The van der Waals surface area contributed by atoms with Gasteiger partial charge in [-0.25, -0.2) is 4.99 Å². The highest BCUT2D eigenvalue weighted by molar-refractivity contribution is 9.10. The molecule has 6 heteroatoms. The minimum Gasteiger partial charge on any atom is -0.317 e. The molecule has 0 spiro atoms.